The van der Waals surface area contributed by atoms with Crippen molar-refractivity contribution in [2.24, 2.45) is 0 Å². The van der Waals surface area contributed by atoms with Crippen LogP contribution in [0.2, 0.25) is 0 Å². The van der Waals surface area contributed by atoms with Crippen molar-refractivity contribution in [2.45, 2.75) is 0 Å². The molecule has 0 aliphatic heterocycles. The van der Waals surface area contributed by atoms with E-state index in [-0.39, 0.29) is 5.78 Å². The maximum atomic E-state index is 12.1. The summed E-state index contributed by atoms with van der Waals surface area (Å²) in [5.41, 5.74) is 1.49. The maximum absolute atomic E-state index is 12.1. The first-order valence-electron chi connectivity index (χ1n) is 5.35. The quantitative estimate of drug-likeness (QED) is 0.502. The van der Waals surface area contributed by atoms with Gasteiger partial charge in [0.1, 0.15) is 0 Å². The fraction of sp³-hybridized carbons (Fsp3) is 0. The molecule has 3 heteroatoms. The average molecular weight is 194 g/mol. The molecular formula is C13H8Li2O. The van der Waals surface area contributed by atoms with Gasteiger partial charge in [-0.15, -0.1) is 0 Å². The van der Waals surface area contributed by atoms with Gasteiger partial charge in [0.25, 0.3) is 0 Å². The van der Waals surface area contributed by atoms with E-state index in [1.165, 1.54) is 8.47 Å². The Morgan fingerprint density at radius 1 is 0.688 bits per heavy atom. The van der Waals surface area contributed by atoms with E-state index in [0.29, 0.717) is 0 Å². The molecule has 0 heterocycles. The Morgan fingerprint density at radius 2 is 1.00 bits per heavy atom. The van der Waals surface area contributed by atoms with Crippen LogP contribution in [-0.4, -0.2) is 41.2 Å². The summed E-state index contributed by atoms with van der Waals surface area (Å²) in [6, 6.07) is 15.3. The van der Waals surface area contributed by atoms with Gasteiger partial charge in [0, 0.05) is 0 Å². The van der Waals surface area contributed by atoms with Crippen molar-refractivity contribution in [3.05, 3.63) is 59.7 Å². The summed E-state index contributed by atoms with van der Waals surface area (Å²) in [6.07, 6.45) is 0. The van der Waals surface area contributed by atoms with Crippen LogP contribution in [0.25, 0.3) is 0 Å². The van der Waals surface area contributed by atoms with E-state index in [0.717, 1.165) is 11.1 Å². The first-order valence-corrected chi connectivity index (χ1v) is 5.35. The molecule has 0 aliphatic carbocycles. The zero-order chi connectivity index (χ0) is 11.5. The molecule has 2 aromatic carbocycles. The Balaban J connectivity index is 2.32. The summed E-state index contributed by atoms with van der Waals surface area (Å²) in [6.45, 7) is 0. The van der Waals surface area contributed by atoms with Crippen molar-refractivity contribution in [1.29, 1.82) is 0 Å². The Bertz CT molecular complexity index is 453. The van der Waals surface area contributed by atoms with Crippen molar-refractivity contribution < 1.29 is 4.79 Å². The Labute approximate surface area is 114 Å². The van der Waals surface area contributed by atoms with Gasteiger partial charge in [0.05, 0.1) is 0 Å². The molecule has 0 unspecified atom stereocenters. The van der Waals surface area contributed by atoms with Crippen LogP contribution >= 0.6 is 0 Å². The Hall–Kier alpha value is -0.695. The number of carbonyl (C=O) groups is 1. The van der Waals surface area contributed by atoms with Gasteiger partial charge >= 0.3 is 114 Å². The topological polar surface area (TPSA) is 17.1 Å². The third kappa shape index (κ3) is 2.70. The van der Waals surface area contributed by atoms with E-state index in [9.17, 15) is 4.79 Å². The summed E-state index contributed by atoms with van der Waals surface area (Å²) in [5, 5.41) is 0. The minimum absolute atomic E-state index is 0.0833. The van der Waals surface area contributed by atoms with Gasteiger partial charge in [-0.1, -0.05) is 0 Å². The van der Waals surface area contributed by atoms with Gasteiger partial charge in [-0.2, -0.15) is 0 Å². The molecule has 0 atom stereocenters. The average Bonchev–Trinajstić information content (AvgIpc) is 2.30. The van der Waals surface area contributed by atoms with Gasteiger partial charge in [-0.25, -0.2) is 0 Å². The molecule has 2 rings (SSSR count). The van der Waals surface area contributed by atoms with Crippen LogP contribution in [-0.2, 0) is 0 Å². The molecule has 1 nitrogen and oxygen atoms in total. The molecule has 0 N–H and O–H groups in total. The summed E-state index contributed by atoms with van der Waals surface area (Å²) >= 11 is 4.03. The molecule has 0 spiro atoms. The molecule has 2 aromatic rings. The van der Waals surface area contributed by atoms with Crippen LogP contribution in [0, 0.1) is 0 Å². The summed E-state index contributed by atoms with van der Waals surface area (Å²) in [5.74, 6) is 0.0833. The SMILES string of the molecule is [Li][c]1ccc(C(=O)c2cc[c]([Li])cc2)cc1. The van der Waals surface area contributed by atoms with E-state index in [4.69, 9.17) is 0 Å². The number of carbonyl (C=O) groups excluding carboxylic acids is 1. The molecule has 0 amide bonds. The summed E-state index contributed by atoms with van der Waals surface area (Å²) in [7, 11) is 0. The molecule has 68 valence electrons. The van der Waals surface area contributed by atoms with E-state index in [1.807, 2.05) is 84.0 Å². The second kappa shape index (κ2) is 5.09. The summed E-state index contributed by atoms with van der Waals surface area (Å²) in [4.78, 5) is 12.1. The molecule has 16 heavy (non-hydrogen) atoms. The zero-order valence-corrected chi connectivity index (χ0v) is 9.53. The third-order valence-corrected chi connectivity index (χ3v) is 2.63. The number of rotatable bonds is 2. The first kappa shape index (κ1) is 11.8. The molecule has 0 saturated carbocycles. The van der Waals surface area contributed by atoms with Crippen molar-refractivity contribution in [1.82, 2.24) is 0 Å². The molecule has 0 saturated heterocycles. The van der Waals surface area contributed by atoms with Crippen LogP contribution in [0.1, 0.15) is 15.9 Å². The van der Waals surface area contributed by atoms with Crippen molar-refractivity contribution in [2.75, 3.05) is 0 Å². The van der Waals surface area contributed by atoms with Crippen LogP contribution in [0.15, 0.2) is 48.5 Å². The number of ketones is 1. The van der Waals surface area contributed by atoms with Gasteiger partial charge in [-0.3, -0.25) is 0 Å². The predicted molar refractivity (Wildman–Crippen MR) is 67.1 cm³/mol. The number of hydrogen-bond acceptors (Lipinski definition) is 1. The second-order valence-corrected chi connectivity index (χ2v) is 4.06. The molecule has 0 fully saturated rings. The van der Waals surface area contributed by atoms with E-state index in [2.05, 4.69) is 0 Å². The molecule has 0 aliphatic rings. The monoisotopic (exact) mass is 194 g/mol. The van der Waals surface area contributed by atoms with E-state index >= 15 is 0 Å². The molecule has 0 aromatic heterocycles. The van der Waals surface area contributed by atoms with E-state index < -0.39 is 0 Å². The van der Waals surface area contributed by atoms with Crippen LogP contribution in [0.3, 0.4) is 0 Å². The van der Waals surface area contributed by atoms with Gasteiger partial charge in [0.15, 0.2) is 0 Å². The molecule has 0 bridgehead atoms. The first-order chi connectivity index (χ1) is 7.66. The van der Waals surface area contributed by atoms with Crippen LogP contribution in [0.4, 0.5) is 0 Å². The van der Waals surface area contributed by atoms with Gasteiger partial charge in [-0.05, 0) is 0 Å². The van der Waals surface area contributed by atoms with Crippen LogP contribution in [0.5, 0.6) is 0 Å². The zero-order valence-electron chi connectivity index (χ0n) is 9.53. The molecule has 0 radical (unpaired) electrons. The second-order valence-electron chi connectivity index (χ2n) is 4.06. The predicted octanol–water partition coefficient (Wildman–Crippen LogP) is 0.505. The fourth-order valence-corrected chi connectivity index (χ4v) is 1.58. The minimum atomic E-state index is 0.0833. The Morgan fingerprint density at radius 3 is 1.31 bits per heavy atom. The fourth-order valence-electron chi connectivity index (χ4n) is 1.58. The van der Waals surface area contributed by atoms with Gasteiger partial charge < -0.3 is 0 Å². The Kier molecular flexibility index (Phi) is 3.75. The molecular weight excluding hydrogens is 186 g/mol. The van der Waals surface area contributed by atoms with Crippen LogP contribution < -0.4 is 8.47 Å². The van der Waals surface area contributed by atoms with E-state index in [1.54, 1.807) is 0 Å². The summed E-state index contributed by atoms with van der Waals surface area (Å²) < 4.78 is 2.33. The standard InChI is InChI=1S/C13H8O.2Li/c14-13(11-7-3-1-4-8-11)12-9-5-2-6-10-12;;/h3-10H;;. The number of hydrogen-bond donors (Lipinski definition) is 0. The van der Waals surface area contributed by atoms with Crippen molar-refractivity contribution in [3.63, 3.8) is 0 Å². The van der Waals surface area contributed by atoms with Crippen molar-refractivity contribution >= 4 is 49.7 Å². The van der Waals surface area contributed by atoms with Crippen molar-refractivity contribution in [3.8, 4) is 0 Å². The van der Waals surface area contributed by atoms with Gasteiger partial charge in [0.2, 0.25) is 0 Å². The normalized spacial score (nSPS) is 10.2. The number of benzene rings is 2. The third-order valence-electron chi connectivity index (χ3n) is 2.63.